The van der Waals surface area contributed by atoms with Gasteiger partial charge in [0.15, 0.2) is 0 Å². The van der Waals surface area contributed by atoms with Gasteiger partial charge in [-0.3, -0.25) is 0 Å². The number of nitrogens with zero attached hydrogens (tertiary/aromatic N) is 1. The van der Waals surface area contributed by atoms with E-state index in [1.807, 2.05) is 0 Å². The van der Waals surface area contributed by atoms with Gasteiger partial charge in [0.25, 0.3) is 0 Å². The van der Waals surface area contributed by atoms with Crippen LogP contribution in [0.5, 0.6) is 5.75 Å². The molecule has 0 amide bonds. The van der Waals surface area contributed by atoms with Gasteiger partial charge in [0.2, 0.25) is 0 Å². The van der Waals surface area contributed by atoms with Crippen LogP contribution in [0.15, 0.2) is 18.2 Å². The fourth-order valence-corrected chi connectivity index (χ4v) is 4.30. The van der Waals surface area contributed by atoms with Gasteiger partial charge in [-0.2, -0.15) is 0 Å². The molecule has 3 unspecified atom stereocenters. The summed E-state index contributed by atoms with van der Waals surface area (Å²) in [4.78, 5) is 2.69. The van der Waals surface area contributed by atoms with E-state index >= 15 is 0 Å². The Morgan fingerprint density at radius 1 is 1.29 bits per heavy atom. The summed E-state index contributed by atoms with van der Waals surface area (Å²) < 4.78 is 5.60. The second-order valence-corrected chi connectivity index (χ2v) is 6.91. The first-order chi connectivity index (χ1) is 10.3. The van der Waals surface area contributed by atoms with Gasteiger partial charge in [0.05, 0.1) is 6.61 Å². The van der Waals surface area contributed by atoms with Crippen molar-refractivity contribution in [2.24, 2.45) is 0 Å². The smallest absolute Gasteiger partial charge is 0.122 e. The topological polar surface area (TPSA) is 24.5 Å². The number of fused-ring (bicyclic) bond motifs is 2. The Hall–Kier alpha value is -1.06. The number of piperidine rings is 1. The van der Waals surface area contributed by atoms with Gasteiger partial charge in [0.1, 0.15) is 5.75 Å². The average molecular weight is 286 g/mol. The molecular formula is C18H26N2O. The number of ether oxygens (including phenoxy) is 1. The van der Waals surface area contributed by atoms with Gasteiger partial charge >= 0.3 is 0 Å². The first kappa shape index (κ1) is 13.6. The van der Waals surface area contributed by atoms with Crippen molar-refractivity contribution < 1.29 is 4.74 Å². The third-order valence-electron chi connectivity index (χ3n) is 5.52. The van der Waals surface area contributed by atoms with E-state index in [4.69, 9.17) is 4.74 Å². The molecule has 3 heteroatoms. The van der Waals surface area contributed by atoms with Gasteiger partial charge in [0, 0.05) is 24.5 Å². The average Bonchev–Trinajstić information content (AvgIpc) is 3.14. The van der Waals surface area contributed by atoms with Crippen molar-refractivity contribution in [3.63, 3.8) is 0 Å². The number of hydrogen-bond donors (Lipinski definition) is 1. The molecular weight excluding hydrogens is 260 g/mol. The Morgan fingerprint density at radius 3 is 3.19 bits per heavy atom. The summed E-state index contributed by atoms with van der Waals surface area (Å²) in [6, 6.07) is 8.68. The molecule has 2 saturated heterocycles. The molecule has 0 bridgehead atoms. The van der Waals surface area contributed by atoms with E-state index < -0.39 is 0 Å². The second-order valence-electron chi connectivity index (χ2n) is 6.91. The molecule has 1 N–H and O–H groups in total. The number of benzene rings is 1. The lowest BCUT2D eigenvalue weighted by Gasteiger charge is -2.36. The largest absolute Gasteiger partial charge is 0.493 e. The van der Waals surface area contributed by atoms with Crippen molar-refractivity contribution in [2.75, 3.05) is 19.7 Å². The highest BCUT2D eigenvalue weighted by Crippen LogP contribution is 2.30. The normalized spacial score (nSPS) is 29.8. The molecule has 4 rings (SSSR count). The minimum Gasteiger partial charge on any atom is -0.493 e. The minimum absolute atomic E-state index is 0.439. The summed E-state index contributed by atoms with van der Waals surface area (Å²) in [5.74, 6) is 1.09. The van der Waals surface area contributed by atoms with Gasteiger partial charge in [-0.1, -0.05) is 12.1 Å². The van der Waals surface area contributed by atoms with Crippen LogP contribution >= 0.6 is 0 Å². The molecule has 1 aromatic rings. The molecule has 0 radical (unpaired) electrons. The monoisotopic (exact) mass is 286 g/mol. The second kappa shape index (κ2) is 5.62. The van der Waals surface area contributed by atoms with E-state index in [0.29, 0.717) is 12.1 Å². The van der Waals surface area contributed by atoms with E-state index in [2.05, 4.69) is 35.3 Å². The fraction of sp³-hybridized carbons (Fsp3) is 0.667. The number of hydrogen-bond acceptors (Lipinski definition) is 3. The maximum Gasteiger partial charge on any atom is 0.122 e. The zero-order valence-corrected chi connectivity index (χ0v) is 13.0. The zero-order chi connectivity index (χ0) is 14.2. The van der Waals surface area contributed by atoms with Gasteiger partial charge in [-0.25, -0.2) is 0 Å². The van der Waals surface area contributed by atoms with Crippen molar-refractivity contribution in [1.82, 2.24) is 10.2 Å². The molecule has 3 atom stereocenters. The molecule has 1 aromatic carbocycles. The van der Waals surface area contributed by atoms with Crippen LogP contribution < -0.4 is 10.1 Å². The quantitative estimate of drug-likeness (QED) is 0.924. The molecule has 3 aliphatic rings. The highest BCUT2D eigenvalue weighted by atomic mass is 16.5. The van der Waals surface area contributed by atoms with Crippen LogP contribution in [0.2, 0.25) is 0 Å². The molecule has 2 fully saturated rings. The summed E-state index contributed by atoms with van der Waals surface area (Å²) in [7, 11) is 0. The maximum atomic E-state index is 5.60. The molecule has 21 heavy (non-hydrogen) atoms. The van der Waals surface area contributed by atoms with E-state index in [1.54, 1.807) is 0 Å². The third-order valence-corrected chi connectivity index (χ3v) is 5.52. The predicted octanol–water partition coefficient (Wildman–Crippen LogP) is 2.90. The molecule has 0 aromatic heterocycles. The number of nitrogens with one attached hydrogen (secondary N) is 1. The molecule has 0 spiro atoms. The molecule has 3 heterocycles. The standard InChI is InChI=1S/C18H26N2O/c1-13(14-4-5-18-15(11-14)7-10-21-18)19-16-6-9-20-8-2-3-17(20)12-16/h4-5,11,13,16-17,19H,2-3,6-10,12H2,1H3. The van der Waals surface area contributed by atoms with Crippen LogP contribution in [-0.4, -0.2) is 36.7 Å². The van der Waals surface area contributed by atoms with Gasteiger partial charge in [-0.05, 0) is 62.9 Å². The third kappa shape index (κ3) is 2.69. The minimum atomic E-state index is 0.439. The molecule has 3 nitrogen and oxygen atoms in total. The van der Waals surface area contributed by atoms with Gasteiger partial charge in [-0.15, -0.1) is 0 Å². The van der Waals surface area contributed by atoms with Gasteiger partial charge < -0.3 is 15.0 Å². The molecule has 0 saturated carbocycles. The number of rotatable bonds is 3. The van der Waals surface area contributed by atoms with Crippen LogP contribution in [0.3, 0.4) is 0 Å². The first-order valence-corrected chi connectivity index (χ1v) is 8.55. The Balaban J connectivity index is 1.40. The lowest BCUT2D eigenvalue weighted by Crippen LogP contribution is -2.46. The van der Waals surface area contributed by atoms with Crippen molar-refractivity contribution in [3.8, 4) is 5.75 Å². The molecule has 114 valence electrons. The first-order valence-electron chi connectivity index (χ1n) is 8.55. The Bertz CT molecular complexity index is 516. The van der Waals surface area contributed by atoms with E-state index in [9.17, 15) is 0 Å². The van der Waals surface area contributed by atoms with Crippen molar-refractivity contribution in [2.45, 2.75) is 57.2 Å². The van der Waals surface area contributed by atoms with Crippen molar-refractivity contribution in [3.05, 3.63) is 29.3 Å². The Morgan fingerprint density at radius 2 is 2.24 bits per heavy atom. The van der Waals surface area contributed by atoms with E-state index in [1.165, 1.54) is 49.9 Å². The van der Waals surface area contributed by atoms with Crippen molar-refractivity contribution in [1.29, 1.82) is 0 Å². The summed E-state index contributed by atoms with van der Waals surface area (Å²) in [5.41, 5.74) is 2.79. The molecule has 0 aliphatic carbocycles. The summed E-state index contributed by atoms with van der Waals surface area (Å²) >= 11 is 0. The van der Waals surface area contributed by atoms with Crippen LogP contribution in [0, 0.1) is 0 Å². The Labute approximate surface area is 127 Å². The van der Waals surface area contributed by atoms with Crippen molar-refractivity contribution >= 4 is 0 Å². The highest BCUT2D eigenvalue weighted by molar-refractivity contribution is 5.40. The fourth-order valence-electron chi connectivity index (χ4n) is 4.30. The van der Waals surface area contributed by atoms with Crippen LogP contribution in [-0.2, 0) is 6.42 Å². The maximum absolute atomic E-state index is 5.60. The lowest BCUT2D eigenvalue weighted by molar-refractivity contribution is 0.162. The van der Waals surface area contributed by atoms with Crippen LogP contribution in [0.1, 0.15) is 49.8 Å². The summed E-state index contributed by atoms with van der Waals surface area (Å²) in [6.45, 7) is 5.77. The molecule has 3 aliphatic heterocycles. The van der Waals surface area contributed by atoms with E-state index in [-0.39, 0.29) is 0 Å². The summed E-state index contributed by atoms with van der Waals surface area (Å²) in [5, 5.41) is 3.87. The van der Waals surface area contributed by atoms with E-state index in [0.717, 1.165) is 24.8 Å². The lowest BCUT2D eigenvalue weighted by atomic mass is 9.95. The predicted molar refractivity (Wildman–Crippen MR) is 84.8 cm³/mol. The summed E-state index contributed by atoms with van der Waals surface area (Å²) in [6.07, 6.45) is 6.50. The van der Waals surface area contributed by atoms with Crippen LogP contribution in [0.25, 0.3) is 0 Å². The Kier molecular flexibility index (Phi) is 3.64. The zero-order valence-electron chi connectivity index (χ0n) is 13.0. The SMILES string of the molecule is CC(NC1CCN2CCCC2C1)c1ccc2c(c1)CCO2. The van der Waals surface area contributed by atoms with Crippen LogP contribution in [0.4, 0.5) is 0 Å². The highest BCUT2D eigenvalue weighted by Gasteiger charge is 2.32.